The van der Waals surface area contributed by atoms with Crippen LogP contribution in [-0.2, 0) is 0 Å². The molecule has 3 rings (SSSR count). The Morgan fingerprint density at radius 1 is 1.00 bits per heavy atom. The summed E-state index contributed by atoms with van der Waals surface area (Å²) in [5.41, 5.74) is 0. The fourth-order valence-electron chi connectivity index (χ4n) is 4.32. The van der Waals surface area contributed by atoms with Crippen molar-refractivity contribution < 1.29 is 0 Å². The quantitative estimate of drug-likeness (QED) is 0.807. The van der Waals surface area contributed by atoms with Gasteiger partial charge < -0.3 is 10.2 Å². The standard InChI is InChI=1S/C15H28N2/c1-2-8-15-13(5-1)9-12-17(15)11-4-7-14-6-3-10-16-14/h13-16H,1-12H2. The molecule has 0 aromatic heterocycles. The number of nitrogens with zero attached hydrogens (tertiary/aromatic N) is 1. The molecule has 3 aliphatic rings. The third kappa shape index (κ3) is 2.85. The lowest BCUT2D eigenvalue weighted by molar-refractivity contribution is 0.178. The topological polar surface area (TPSA) is 15.3 Å². The lowest BCUT2D eigenvalue weighted by atomic mass is 9.85. The highest BCUT2D eigenvalue weighted by Gasteiger charge is 2.34. The van der Waals surface area contributed by atoms with Gasteiger partial charge in [0.05, 0.1) is 0 Å². The fourth-order valence-corrected chi connectivity index (χ4v) is 4.32. The van der Waals surface area contributed by atoms with Crippen LogP contribution >= 0.6 is 0 Å². The number of likely N-dealkylation sites (tertiary alicyclic amines) is 1. The molecule has 2 aliphatic heterocycles. The van der Waals surface area contributed by atoms with E-state index in [-0.39, 0.29) is 0 Å². The van der Waals surface area contributed by atoms with Crippen LogP contribution in [0.4, 0.5) is 0 Å². The van der Waals surface area contributed by atoms with Crippen molar-refractivity contribution in [1.29, 1.82) is 0 Å². The Hall–Kier alpha value is -0.0800. The van der Waals surface area contributed by atoms with Crippen LogP contribution < -0.4 is 5.32 Å². The first-order valence-corrected chi connectivity index (χ1v) is 7.91. The molecule has 17 heavy (non-hydrogen) atoms. The molecule has 1 N–H and O–H groups in total. The molecule has 0 amide bonds. The average molecular weight is 236 g/mol. The molecule has 3 unspecified atom stereocenters. The van der Waals surface area contributed by atoms with Crippen LogP contribution in [0.3, 0.4) is 0 Å². The van der Waals surface area contributed by atoms with Crippen LogP contribution in [0.15, 0.2) is 0 Å². The third-order valence-corrected chi connectivity index (χ3v) is 5.29. The summed E-state index contributed by atoms with van der Waals surface area (Å²) in [6.45, 7) is 4.03. The second kappa shape index (κ2) is 5.71. The maximum Gasteiger partial charge on any atom is 0.0124 e. The second-order valence-electron chi connectivity index (χ2n) is 6.37. The van der Waals surface area contributed by atoms with Crippen LogP contribution in [0.25, 0.3) is 0 Å². The average Bonchev–Trinajstić information content (AvgIpc) is 2.99. The molecule has 1 aliphatic carbocycles. The molecule has 1 saturated carbocycles. The normalized spacial score (nSPS) is 38.5. The molecule has 2 saturated heterocycles. The lowest BCUT2D eigenvalue weighted by Gasteiger charge is -2.31. The highest BCUT2D eigenvalue weighted by Crippen LogP contribution is 2.36. The molecule has 2 heteroatoms. The molecule has 2 nitrogen and oxygen atoms in total. The van der Waals surface area contributed by atoms with E-state index in [0.717, 1.165) is 18.0 Å². The smallest absolute Gasteiger partial charge is 0.0124 e. The molecular weight excluding hydrogens is 208 g/mol. The minimum atomic E-state index is 0.847. The van der Waals surface area contributed by atoms with Gasteiger partial charge in [0, 0.05) is 12.1 Å². The van der Waals surface area contributed by atoms with E-state index in [2.05, 4.69) is 10.2 Å². The van der Waals surface area contributed by atoms with Crippen molar-refractivity contribution in [3.8, 4) is 0 Å². The summed E-state index contributed by atoms with van der Waals surface area (Å²) in [5.74, 6) is 1.06. The van der Waals surface area contributed by atoms with Crippen LogP contribution in [-0.4, -0.2) is 36.6 Å². The van der Waals surface area contributed by atoms with Crippen LogP contribution in [0.1, 0.15) is 57.8 Å². The van der Waals surface area contributed by atoms with Crippen molar-refractivity contribution in [3.63, 3.8) is 0 Å². The van der Waals surface area contributed by atoms with E-state index < -0.39 is 0 Å². The Morgan fingerprint density at radius 3 is 2.82 bits per heavy atom. The summed E-state index contributed by atoms with van der Waals surface area (Å²) in [6.07, 6.45) is 13.1. The molecule has 2 heterocycles. The summed E-state index contributed by atoms with van der Waals surface area (Å²) in [5, 5.41) is 3.62. The maximum absolute atomic E-state index is 3.62. The van der Waals surface area contributed by atoms with Gasteiger partial charge in [0.15, 0.2) is 0 Å². The van der Waals surface area contributed by atoms with E-state index in [1.54, 1.807) is 0 Å². The SMILES string of the molecule is C1CNC(CCCN2CCC3CCCCC32)C1. The van der Waals surface area contributed by atoms with E-state index in [4.69, 9.17) is 0 Å². The van der Waals surface area contributed by atoms with Gasteiger partial charge in [0.1, 0.15) is 0 Å². The number of nitrogens with one attached hydrogen (secondary N) is 1. The summed E-state index contributed by atoms with van der Waals surface area (Å²) in [4.78, 5) is 2.82. The molecule has 0 aromatic rings. The summed E-state index contributed by atoms with van der Waals surface area (Å²) in [7, 11) is 0. The van der Waals surface area contributed by atoms with Crippen molar-refractivity contribution in [1.82, 2.24) is 10.2 Å². The van der Waals surface area contributed by atoms with Gasteiger partial charge in [0.2, 0.25) is 0 Å². The zero-order valence-corrected chi connectivity index (χ0v) is 11.2. The highest BCUT2D eigenvalue weighted by molar-refractivity contribution is 4.89. The van der Waals surface area contributed by atoms with E-state index >= 15 is 0 Å². The largest absolute Gasteiger partial charge is 0.314 e. The maximum atomic E-state index is 3.62. The van der Waals surface area contributed by atoms with Gasteiger partial charge in [-0.15, -0.1) is 0 Å². The first-order chi connectivity index (χ1) is 8.43. The highest BCUT2D eigenvalue weighted by atomic mass is 15.2. The van der Waals surface area contributed by atoms with Gasteiger partial charge >= 0.3 is 0 Å². The molecule has 0 aromatic carbocycles. The Kier molecular flexibility index (Phi) is 4.02. The van der Waals surface area contributed by atoms with Gasteiger partial charge in [-0.05, 0) is 70.5 Å². The fraction of sp³-hybridized carbons (Fsp3) is 1.00. The molecule has 0 spiro atoms. The number of hydrogen-bond donors (Lipinski definition) is 1. The van der Waals surface area contributed by atoms with Crippen LogP contribution in [0.2, 0.25) is 0 Å². The van der Waals surface area contributed by atoms with Gasteiger partial charge in [0.25, 0.3) is 0 Å². The van der Waals surface area contributed by atoms with Crippen molar-refractivity contribution >= 4 is 0 Å². The van der Waals surface area contributed by atoms with Crippen molar-refractivity contribution in [3.05, 3.63) is 0 Å². The predicted molar refractivity (Wildman–Crippen MR) is 72.2 cm³/mol. The minimum Gasteiger partial charge on any atom is -0.314 e. The zero-order chi connectivity index (χ0) is 11.5. The summed E-state index contributed by atoms with van der Waals surface area (Å²) >= 11 is 0. The second-order valence-corrected chi connectivity index (χ2v) is 6.37. The van der Waals surface area contributed by atoms with Gasteiger partial charge in [-0.1, -0.05) is 12.8 Å². The summed E-state index contributed by atoms with van der Waals surface area (Å²) < 4.78 is 0. The van der Waals surface area contributed by atoms with Gasteiger partial charge in [-0.25, -0.2) is 0 Å². The van der Waals surface area contributed by atoms with Crippen LogP contribution in [0, 0.1) is 5.92 Å². The van der Waals surface area contributed by atoms with Gasteiger partial charge in [-0.3, -0.25) is 0 Å². The Labute approximate surface area is 106 Å². The molecule has 98 valence electrons. The molecule has 0 radical (unpaired) electrons. The van der Waals surface area contributed by atoms with E-state index in [1.165, 1.54) is 77.4 Å². The molecular formula is C15H28N2. The number of rotatable bonds is 4. The van der Waals surface area contributed by atoms with Crippen molar-refractivity contribution in [2.45, 2.75) is 69.9 Å². The van der Waals surface area contributed by atoms with Crippen molar-refractivity contribution in [2.75, 3.05) is 19.6 Å². The van der Waals surface area contributed by atoms with E-state index in [9.17, 15) is 0 Å². The van der Waals surface area contributed by atoms with E-state index in [1.807, 2.05) is 0 Å². The monoisotopic (exact) mass is 236 g/mol. The summed E-state index contributed by atoms with van der Waals surface area (Å²) in [6, 6.07) is 1.82. The predicted octanol–water partition coefficient (Wildman–Crippen LogP) is 2.78. The third-order valence-electron chi connectivity index (χ3n) is 5.29. The Bertz CT molecular complexity index is 235. The van der Waals surface area contributed by atoms with Crippen LogP contribution in [0.5, 0.6) is 0 Å². The number of hydrogen-bond acceptors (Lipinski definition) is 2. The molecule has 3 fully saturated rings. The molecule has 3 atom stereocenters. The van der Waals surface area contributed by atoms with E-state index in [0.29, 0.717) is 0 Å². The Morgan fingerprint density at radius 2 is 1.94 bits per heavy atom. The first-order valence-electron chi connectivity index (χ1n) is 7.91. The van der Waals surface area contributed by atoms with Crippen molar-refractivity contribution in [2.24, 2.45) is 5.92 Å². The Balaban J connectivity index is 1.39. The zero-order valence-electron chi connectivity index (χ0n) is 11.2. The van der Waals surface area contributed by atoms with Gasteiger partial charge in [-0.2, -0.15) is 0 Å². The number of fused-ring (bicyclic) bond motifs is 1. The lowest BCUT2D eigenvalue weighted by Crippen LogP contribution is -2.35. The minimum absolute atomic E-state index is 0.847. The first kappa shape index (κ1) is 12.0. The molecule has 0 bridgehead atoms.